The molecule has 138 valence electrons. The van der Waals surface area contributed by atoms with Crippen molar-refractivity contribution in [1.82, 2.24) is 0 Å². The van der Waals surface area contributed by atoms with E-state index in [0.29, 0.717) is 5.56 Å². The summed E-state index contributed by atoms with van der Waals surface area (Å²) in [5, 5.41) is 11.1. The lowest BCUT2D eigenvalue weighted by Gasteiger charge is -2.23. The van der Waals surface area contributed by atoms with Crippen LogP contribution in [0.1, 0.15) is 22.8 Å². The van der Waals surface area contributed by atoms with Gasteiger partial charge in [0.2, 0.25) is 0 Å². The van der Waals surface area contributed by atoms with Gasteiger partial charge in [0.05, 0.1) is 28.2 Å². The Hall–Kier alpha value is -2.94. The van der Waals surface area contributed by atoms with Crippen molar-refractivity contribution in [2.45, 2.75) is 18.7 Å². The van der Waals surface area contributed by atoms with Gasteiger partial charge in [-0.25, -0.2) is 13.2 Å². The van der Waals surface area contributed by atoms with Crippen molar-refractivity contribution < 1.29 is 22.9 Å². The number of nitrogens with zero attached hydrogens (tertiary/aromatic N) is 2. The molecule has 8 nitrogen and oxygen atoms in total. The molecule has 0 aliphatic rings. The smallest absolute Gasteiger partial charge is 0.337 e. The molecule has 0 bridgehead atoms. The molecule has 2 aromatic carbocycles. The van der Waals surface area contributed by atoms with Crippen molar-refractivity contribution in [2.75, 3.05) is 18.0 Å². The lowest BCUT2D eigenvalue weighted by Crippen LogP contribution is -2.31. The average molecular weight is 378 g/mol. The Labute approximate surface area is 151 Å². The highest BCUT2D eigenvalue weighted by Gasteiger charge is 2.26. The van der Waals surface area contributed by atoms with E-state index in [0.717, 1.165) is 10.4 Å². The Kier molecular flexibility index (Phi) is 5.61. The summed E-state index contributed by atoms with van der Waals surface area (Å²) in [5.74, 6) is -0.591. The molecular weight excluding hydrogens is 360 g/mol. The molecule has 0 atom stereocenters. The van der Waals surface area contributed by atoms with Crippen LogP contribution in [0.2, 0.25) is 0 Å². The molecule has 0 fully saturated rings. The number of ether oxygens (including phenoxy) is 1. The highest BCUT2D eigenvalue weighted by atomic mass is 32.2. The van der Waals surface area contributed by atoms with Crippen LogP contribution in [0.4, 0.5) is 11.4 Å². The lowest BCUT2D eigenvalue weighted by atomic mass is 10.2. The van der Waals surface area contributed by atoms with E-state index in [2.05, 4.69) is 4.74 Å². The van der Waals surface area contributed by atoms with Gasteiger partial charge in [-0.15, -0.1) is 0 Å². The maximum atomic E-state index is 13.0. The molecule has 0 N–H and O–H groups in total. The topological polar surface area (TPSA) is 107 Å². The molecule has 26 heavy (non-hydrogen) atoms. The number of anilines is 1. The maximum Gasteiger partial charge on any atom is 0.337 e. The molecule has 0 unspecified atom stereocenters. The number of sulfonamides is 1. The van der Waals surface area contributed by atoms with Crippen LogP contribution in [0.25, 0.3) is 0 Å². The highest BCUT2D eigenvalue weighted by molar-refractivity contribution is 7.92. The minimum Gasteiger partial charge on any atom is -0.465 e. The molecule has 0 spiro atoms. The van der Waals surface area contributed by atoms with Crippen LogP contribution in [0.3, 0.4) is 0 Å². The predicted octanol–water partition coefficient (Wildman–Crippen LogP) is 2.91. The number of nitro groups is 1. The van der Waals surface area contributed by atoms with Gasteiger partial charge in [-0.2, -0.15) is 0 Å². The summed E-state index contributed by atoms with van der Waals surface area (Å²) < 4.78 is 31.7. The van der Waals surface area contributed by atoms with Crippen LogP contribution in [0.5, 0.6) is 0 Å². The minimum atomic E-state index is -4.05. The van der Waals surface area contributed by atoms with Crippen LogP contribution >= 0.6 is 0 Å². The van der Waals surface area contributed by atoms with Gasteiger partial charge >= 0.3 is 5.97 Å². The van der Waals surface area contributed by atoms with E-state index in [1.54, 1.807) is 6.92 Å². The zero-order valence-corrected chi connectivity index (χ0v) is 15.3. The molecular formula is C17H18N2O6S. The van der Waals surface area contributed by atoms with Gasteiger partial charge in [-0.05, 0) is 38.1 Å². The van der Waals surface area contributed by atoms with Crippen LogP contribution in [0, 0.1) is 17.0 Å². The van der Waals surface area contributed by atoms with Crippen molar-refractivity contribution in [3.63, 3.8) is 0 Å². The number of aryl methyl sites for hydroxylation is 1. The Morgan fingerprint density at radius 3 is 2.50 bits per heavy atom. The molecule has 0 saturated carbocycles. The van der Waals surface area contributed by atoms with E-state index in [1.807, 2.05) is 0 Å². The maximum absolute atomic E-state index is 13.0. The van der Waals surface area contributed by atoms with Gasteiger partial charge in [-0.3, -0.25) is 14.4 Å². The Morgan fingerprint density at radius 2 is 1.92 bits per heavy atom. The summed E-state index contributed by atoms with van der Waals surface area (Å²) in [6, 6.07) is 9.74. The number of esters is 1. The van der Waals surface area contributed by atoms with Crippen molar-refractivity contribution in [3.8, 4) is 0 Å². The van der Waals surface area contributed by atoms with Crippen LogP contribution < -0.4 is 4.31 Å². The minimum absolute atomic E-state index is 0.0780. The number of hydrogen-bond acceptors (Lipinski definition) is 6. The highest BCUT2D eigenvalue weighted by Crippen LogP contribution is 2.28. The largest absolute Gasteiger partial charge is 0.465 e. The fraction of sp³-hybridized carbons (Fsp3) is 0.235. The van der Waals surface area contributed by atoms with Crippen LogP contribution in [-0.4, -0.2) is 33.0 Å². The lowest BCUT2D eigenvalue weighted by molar-refractivity contribution is -0.385. The third-order valence-corrected chi connectivity index (χ3v) is 5.71. The van der Waals surface area contributed by atoms with Gasteiger partial charge < -0.3 is 4.74 Å². The second-order valence-electron chi connectivity index (χ2n) is 5.42. The van der Waals surface area contributed by atoms with Crippen LogP contribution in [0.15, 0.2) is 47.4 Å². The molecule has 0 aliphatic heterocycles. The second-order valence-corrected chi connectivity index (χ2v) is 7.28. The van der Waals surface area contributed by atoms with E-state index in [4.69, 9.17) is 0 Å². The Bertz CT molecular complexity index is 955. The molecule has 2 rings (SSSR count). The van der Waals surface area contributed by atoms with Crippen molar-refractivity contribution >= 4 is 27.4 Å². The zero-order chi connectivity index (χ0) is 19.5. The quantitative estimate of drug-likeness (QED) is 0.435. The van der Waals surface area contributed by atoms with Gasteiger partial charge in [0, 0.05) is 18.2 Å². The van der Waals surface area contributed by atoms with Gasteiger partial charge in [-0.1, -0.05) is 12.1 Å². The standard InChI is InChI=1S/C17H18N2O6S/c1-4-18(14-7-5-6-13(10-14)17(20)25-3)26(23,24)15-9-8-12(2)16(11-15)19(21)22/h5-11H,4H2,1-3H3. The first-order chi connectivity index (χ1) is 12.2. The van der Waals surface area contributed by atoms with Gasteiger partial charge in [0.25, 0.3) is 15.7 Å². The number of nitro benzene ring substituents is 1. The molecule has 0 aliphatic carbocycles. The number of benzene rings is 2. The Morgan fingerprint density at radius 1 is 1.23 bits per heavy atom. The first-order valence-electron chi connectivity index (χ1n) is 7.68. The molecule has 0 aromatic heterocycles. The van der Waals surface area contributed by atoms with E-state index < -0.39 is 20.9 Å². The number of carbonyl (C=O) groups excluding carboxylic acids is 1. The van der Waals surface area contributed by atoms with E-state index in [1.165, 1.54) is 50.4 Å². The van der Waals surface area contributed by atoms with Crippen LogP contribution in [-0.2, 0) is 14.8 Å². The summed E-state index contributed by atoms with van der Waals surface area (Å²) in [5.41, 5.74) is 0.558. The summed E-state index contributed by atoms with van der Waals surface area (Å²) in [6.07, 6.45) is 0. The summed E-state index contributed by atoms with van der Waals surface area (Å²) in [6.45, 7) is 3.24. The van der Waals surface area contributed by atoms with Crippen molar-refractivity contribution in [3.05, 3.63) is 63.7 Å². The predicted molar refractivity (Wildman–Crippen MR) is 95.8 cm³/mol. The molecule has 0 radical (unpaired) electrons. The molecule has 0 amide bonds. The van der Waals surface area contributed by atoms with Gasteiger partial charge in [0.1, 0.15) is 0 Å². The van der Waals surface area contributed by atoms with E-state index >= 15 is 0 Å². The van der Waals surface area contributed by atoms with E-state index in [-0.39, 0.29) is 28.4 Å². The monoisotopic (exact) mass is 378 g/mol. The summed E-state index contributed by atoms with van der Waals surface area (Å²) in [7, 11) is -2.82. The van der Waals surface area contributed by atoms with E-state index in [9.17, 15) is 23.3 Å². The fourth-order valence-corrected chi connectivity index (χ4v) is 3.96. The fourth-order valence-electron chi connectivity index (χ4n) is 2.47. The summed E-state index contributed by atoms with van der Waals surface area (Å²) >= 11 is 0. The second kappa shape index (κ2) is 7.52. The third kappa shape index (κ3) is 3.67. The number of carbonyl (C=O) groups is 1. The van der Waals surface area contributed by atoms with Gasteiger partial charge in [0.15, 0.2) is 0 Å². The SMILES string of the molecule is CCN(c1cccc(C(=O)OC)c1)S(=O)(=O)c1ccc(C)c([N+](=O)[O-])c1. The molecule has 0 saturated heterocycles. The normalized spacial score (nSPS) is 11.0. The molecule has 9 heteroatoms. The summed E-state index contributed by atoms with van der Waals surface area (Å²) in [4.78, 5) is 22.0. The van der Waals surface area contributed by atoms with Crippen molar-refractivity contribution in [1.29, 1.82) is 0 Å². The number of methoxy groups -OCH3 is 1. The number of rotatable bonds is 6. The zero-order valence-electron chi connectivity index (χ0n) is 14.5. The molecule has 2 aromatic rings. The average Bonchev–Trinajstić information content (AvgIpc) is 2.61. The molecule has 0 heterocycles. The third-order valence-electron chi connectivity index (χ3n) is 3.81. The Balaban J connectivity index is 2.54. The first kappa shape index (κ1) is 19.4. The number of hydrogen-bond donors (Lipinski definition) is 0. The first-order valence-corrected chi connectivity index (χ1v) is 9.12. The van der Waals surface area contributed by atoms with Crippen molar-refractivity contribution in [2.24, 2.45) is 0 Å².